The minimum absolute atomic E-state index is 0.111. The fourth-order valence-corrected chi connectivity index (χ4v) is 2.21. The zero-order valence-electron chi connectivity index (χ0n) is 8.41. The lowest BCUT2D eigenvalue weighted by Crippen LogP contribution is -1.91. The van der Waals surface area contributed by atoms with Crippen LogP contribution in [0.5, 0.6) is 0 Å². The molecule has 2 nitrogen and oxygen atoms in total. The van der Waals surface area contributed by atoms with Crippen LogP contribution in [0.25, 0.3) is 5.57 Å². The number of carboxylic acid groups (broad SMARTS) is 1. The third-order valence-electron chi connectivity index (χ3n) is 1.96. The van der Waals surface area contributed by atoms with Gasteiger partial charge in [-0.25, -0.2) is 0 Å². The third-order valence-corrected chi connectivity index (χ3v) is 3.04. The van der Waals surface area contributed by atoms with Crippen LogP contribution < -0.4 is 0 Å². The topological polar surface area (TPSA) is 37.3 Å². The molecule has 1 aromatic rings. The van der Waals surface area contributed by atoms with Crippen LogP contribution in [0.4, 0.5) is 0 Å². The van der Waals surface area contributed by atoms with Gasteiger partial charge in [0.1, 0.15) is 0 Å². The number of aryl methyl sites for hydroxylation is 1. The fraction of sp³-hybridized carbons (Fsp3) is 0.364. The highest BCUT2D eigenvalue weighted by Crippen LogP contribution is 2.26. The molecule has 0 fully saturated rings. The van der Waals surface area contributed by atoms with Crippen LogP contribution in [0.15, 0.2) is 18.2 Å². The number of aliphatic carboxylic acids is 1. The lowest BCUT2D eigenvalue weighted by Gasteiger charge is -1.99. The second-order valence-electron chi connectivity index (χ2n) is 3.09. The highest BCUT2D eigenvalue weighted by atomic mass is 32.1. The summed E-state index contributed by atoms with van der Waals surface area (Å²) in [5.74, 6) is -0.774. The summed E-state index contributed by atoms with van der Waals surface area (Å²) in [5, 5.41) is 8.57. The average molecular weight is 210 g/mol. The zero-order valence-corrected chi connectivity index (χ0v) is 9.23. The van der Waals surface area contributed by atoms with E-state index in [4.69, 9.17) is 5.11 Å². The molecule has 0 amide bonds. The largest absolute Gasteiger partial charge is 0.481 e. The van der Waals surface area contributed by atoms with Crippen molar-refractivity contribution in [3.05, 3.63) is 28.0 Å². The van der Waals surface area contributed by atoms with Crippen molar-refractivity contribution >= 4 is 22.9 Å². The molecule has 0 aliphatic rings. The minimum Gasteiger partial charge on any atom is -0.481 e. The zero-order chi connectivity index (χ0) is 10.6. The average Bonchev–Trinajstić information content (AvgIpc) is 2.53. The summed E-state index contributed by atoms with van der Waals surface area (Å²) in [6.45, 7) is 4.10. The summed E-state index contributed by atoms with van der Waals surface area (Å²) in [6, 6.07) is 4.11. The van der Waals surface area contributed by atoms with Crippen LogP contribution in [0.2, 0.25) is 0 Å². The molecule has 1 N–H and O–H groups in total. The number of thiophene rings is 1. The van der Waals surface area contributed by atoms with E-state index < -0.39 is 5.97 Å². The molecule has 3 heteroatoms. The predicted molar refractivity (Wildman–Crippen MR) is 59.6 cm³/mol. The van der Waals surface area contributed by atoms with E-state index in [2.05, 4.69) is 19.1 Å². The van der Waals surface area contributed by atoms with Gasteiger partial charge < -0.3 is 5.11 Å². The number of hydrogen-bond donors (Lipinski definition) is 1. The van der Waals surface area contributed by atoms with E-state index in [1.165, 1.54) is 9.75 Å². The lowest BCUT2D eigenvalue weighted by molar-refractivity contribution is -0.135. The van der Waals surface area contributed by atoms with Crippen molar-refractivity contribution in [1.29, 1.82) is 0 Å². The third kappa shape index (κ3) is 3.00. The normalized spacial score (nSPS) is 11.7. The van der Waals surface area contributed by atoms with Crippen LogP contribution in [0.1, 0.15) is 29.5 Å². The van der Waals surface area contributed by atoms with Gasteiger partial charge in [0, 0.05) is 9.75 Å². The van der Waals surface area contributed by atoms with Crippen molar-refractivity contribution in [2.75, 3.05) is 0 Å². The highest BCUT2D eigenvalue weighted by molar-refractivity contribution is 7.13. The molecule has 14 heavy (non-hydrogen) atoms. The van der Waals surface area contributed by atoms with Gasteiger partial charge in [-0.1, -0.05) is 13.0 Å². The summed E-state index contributed by atoms with van der Waals surface area (Å²) in [7, 11) is 0. The van der Waals surface area contributed by atoms with E-state index in [-0.39, 0.29) is 6.42 Å². The van der Waals surface area contributed by atoms with Gasteiger partial charge in [0.25, 0.3) is 0 Å². The summed E-state index contributed by atoms with van der Waals surface area (Å²) in [6.07, 6.45) is 2.79. The second kappa shape index (κ2) is 4.96. The highest BCUT2D eigenvalue weighted by Gasteiger charge is 2.02. The Hall–Kier alpha value is -1.09. The van der Waals surface area contributed by atoms with Crippen molar-refractivity contribution in [3.8, 4) is 0 Å². The Bertz CT molecular complexity index is 350. The Labute approximate surface area is 87.9 Å². The Kier molecular flexibility index (Phi) is 3.89. The Morgan fingerprint density at radius 1 is 1.57 bits per heavy atom. The molecule has 0 unspecified atom stereocenters. The van der Waals surface area contributed by atoms with Crippen molar-refractivity contribution < 1.29 is 9.90 Å². The Morgan fingerprint density at radius 3 is 2.71 bits per heavy atom. The SMILES string of the molecule is CC/C(=C\CC(=O)O)c1ccc(C)s1. The van der Waals surface area contributed by atoms with Crippen molar-refractivity contribution in [3.63, 3.8) is 0 Å². The maximum Gasteiger partial charge on any atom is 0.307 e. The van der Waals surface area contributed by atoms with Crippen LogP contribution in [0.3, 0.4) is 0 Å². The van der Waals surface area contributed by atoms with Gasteiger partial charge in [0.05, 0.1) is 6.42 Å². The molecule has 0 saturated carbocycles. The van der Waals surface area contributed by atoms with Crippen LogP contribution in [-0.2, 0) is 4.79 Å². The summed E-state index contributed by atoms with van der Waals surface area (Å²) < 4.78 is 0. The van der Waals surface area contributed by atoms with Crippen LogP contribution >= 0.6 is 11.3 Å². The van der Waals surface area contributed by atoms with Gasteiger partial charge >= 0.3 is 5.97 Å². The molecule has 0 bridgehead atoms. The summed E-state index contributed by atoms with van der Waals surface area (Å²) in [5.41, 5.74) is 1.13. The van der Waals surface area contributed by atoms with Gasteiger partial charge in [0.2, 0.25) is 0 Å². The maximum atomic E-state index is 10.4. The van der Waals surface area contributed by atoms with Crippen molar-refractivity contribution in [2.24, 2.45) is 0 Å². The van der Waals surface area contributed by atoms with Gasteiger partial charge in [-0.2, -0.15) is 0 Å². The number of hydrogen-bond acceptors (Lipinski definition) is 2. The molecule has 1 heterocycles. The van der Waals surface area contributed by atoms with E-state index in [9.17, 15) is 4.79 Å². The Balaban J connectivity index is 2.81. The number of carboxylic acids is 1. The number of allylic oxidation sites excluding steroid dienone is 1. The first kappa shape index (κ1) is 11.0. The number of rotatable bonds is 4. The molecule has 1 aromatic heterocycles. The van der Waals surface area contributed by atoms with Gasteiger partial charge in [-0.3, -0.25) is 4.79 Å². The fourth-order valence-electron chi connectivity index (χ4n) is 1.24. The molecule has 76 valence electrons. The molecule has 0 aliphatic heterocycles. The first-order valence-corrected chi connectivity index (χ1v) is 5.42. The standard InChI is InChI=1S/C11H14O2S/c1-3-9(5-7-11(12)13)10-6-4-8(2)14-10/h4-6H,3,7H2,1-2H3,(H,12,13)/b9-5+. The molecular weight excluding hydrogens is 196 g/mol. The number of carbonyl (C=O) groups is 1. The van der Waals surface area contributed by atoms with E-state index >= 15 is 0 Å². The monoisotopic (exact) mass is 210 g/mol. The Morgan fingerprint density at radius 2 is 2.29 bits per heavy atom. The molecule has 0 atom stereocenters. The molecular formula is C11H14O2S. The van der Waals surface area contributed by atoms with Gasteiger partial charge in [-0.15, -0.1) is 11.3 Å². The van der Waals surface area contributed by atoms with E-state index in [1.807, 2.05) is 6.92 Å². The van der Waals surface area contributed by atoms with Gasteiger partial charge in [-0.05, 0) is 31.1 Å². The van der Waals surface area contributed by atoms with Crippen molar-refractivity contribution in [1.82, 2.24) is 0 Å². The molecule has 0 saturated heterocycles. The predicted octanol–water partition coefficient (Wildman–Crippen LogP) is 3.32. The van der Waals surface area contributed by atoms with Crippen molar-refractivity contribution in [2.45, 2.75) is 26.7 Å². The minimum atomic E-state index is -0.774. The summed E-state index contributed by atoms with van der Waals surface area (Å²) in [4.78, 5) is 12.9. The lowest BCUT2D eigenvalue weighted by atomic mass is 10.1. The molecule has 0 radical (unpaired) electrons. The van der Waals surface area contributed by atoms with E-state index in [0.717, 1.165) is 12.0 Å². The smallest absolute Gasteiger partial charge is 0.307 e. The molecule has 0 spiro atoms. The maximum absolute atomic E-state index is 10.4. The quantitative estimate of drug-likeness (QED) is 0.827. The van der Waals surface area contributed by atoms with Gasteiger partial charge in [0.15, 0.2) is 0 Å². The van der Waals surface area contributed by atoms with E-state index in [1.54, 1.807) is 17.4 Å². The van der Waals surface area contributed by atoms with Crippen LogP contribution in [0, 0.1) is 6.92 Å². The molecule has 0 aromatic carbocycles. The van der Waals surface area contributed by atoms with Crippen LogP contribution in [-0.4, -0.2) is 11.1 Å². The second-order valence-corrected chi connectivity index (χ2v) is 4.38. The first-order valence-electron chi connectivity index (χ1n) is 4.61. The molecule has 1 rings (SSSR count). The molecule has 0 aliphatic carbocycles. The summed E-state index contributed by atoms with van der Waals surface area (Å²) >= 11 is 1.71. The van der Waals surface area contributed by atoms with E-state index in [0.29, 0.717) is 0 Å². The first-order chi connectivity index (χ1) is 6.63.